The van der Waals surface area contributed by atoms with Crippen LogP contribution in [0.1, 0.15) is 11.1 Å². The average molecular weight is 272 g/mol. The Labute approximate surface area is 117 Å². The molecule has 0 saturated heterocycles. The quantitative estimate of drug-likeness (QED) is 0.894. The van der Waals surface area contributed by atoms with Crippen LogP contribution in [0.15, 0.2) is 42.5 Å². The molecule has 2 aromatic carbocycles. The monoisotopic (exact) mass is 272 g/mol. The van der Waals surface area contributed by atoms with Gasteiger partial charge in [-0.3, -0.25) is 4.79 Å². The molecule has 0 aliphatic heterocycles. The van der Waals surface area contributed by atoms with E-state index in [2.05, 4.69) is 10.6 Å². The first-order valence-electron chi connectivity index (χ1n) is 6.41. The van der Waals surface area contributed by atoms with Crippen molar-refractivity contribution >= 4 is 17.3 Å². The van der Waals surface area contributed by atoms with Gasteiger partial charge in [-0.1, -0.05) is 18.2 Å². The molecule has 0 bridgehead atoms. The van der Waals surface area contributed by atoms with Gasteiger partial charge in [0.2, 0.25) is 5.91 Å². The first-order valence-corrected chi connectivity index (χ1v) is 6.41. The van der Waals surface area contributed by atoms with Crippen LogP contribution in [0.3, 0.4) is 0 Å². The SMILES string of the molecule is Cc1cccc(NC(=O)CNc2ccc(C)c(F)c2)c1. The predicted octanol–water partition coefficient (Wildman–Crippen LogP) is 3.49. The Balaban J connectivity index is 1.90. The summed E-state index contributed by atoms with van der Waals surface area (Å²) in [6.45, 7) is 3.75. The number of rotatable bonds is 4. The van der Waals surface area contributed by atoms with Crippen LogP contribution in [0.4, 0.5) is 15.8 Å². The smallest absolute Gasteiger partial charge is 0.243 e. The molecular formula is C16H17FN2O. The van der Waals surface area contributed by atoms with Gasteiger partial charge >= 0.3 is 0 Å². The number of nitrogens with one attached hydrogen (secondary N) is 2. The van der Waals surface area contributed by atoms with Gasteiger partial charge in [-0.05, 0) is 49.2 Å². The van der Waals surface area contributed by atoms with Gasteiger partial charge in [0.1, 0.15) is 5.82 Å². The van der Waals surface area contributed by atoms with Crippen molar-refractivity contribution in [1.29, 1.82) is 0 Å². The number of carbonyl (C=O) groups excluding carboxylic acids is 1. The molecule has 3 nitrogen and oxygen atoms in total. The Morgan fingerprint density at radius 3 is 2.60 bits per heavy atom. The Bertz CT molecular complexity index is 626. The molecule has 2 rings (SSSR count). The molecule has 0 spiro atoms. The van der Waals surface area contributed by atoms with Crippen molar-refractivity contribution in [3.63, 3.8) is 0 Å². The molecule has 0 aliphatic carbocycles. The number of benzene rings is 2. The van der Waals surface area contributed by atoms with Crippen molar-refractivity contribution < 1.29 is 9.18 Å². The molecule has 4 heteroatoms. The zero-order valence-corrected chi connectivity index (χ0v) is 11.5. The summed E-state index contributed by atoms with van der Waals surface area (Å²) in [5, 5.41) is 5.68. The maximum absolute atomic E-state index is 13.4. The van der Waals surface area contributed by atoms with Crippen LogP contribution in [-0.2, 0) is 4.79 Å². The average Bonchev–Trinajstić information content (AvgIpc) is 2.40. The Kier molecular flexibility index (Phi) is 4.35. The molecular weight excluding hydrogens is 255 g/mol. The maximum Gasteiger partial charge on any atom is 0.243 e. The minimum Gasteiger partial charge on any atom is -0.376 e. The summed E-state index contributed by atoms with van der Waals surface area (Å²) in [4.78, 5) is 11.8. The van der Waals surface area contributed by atoms with Gasteiger partial charge < -0.3 is 10.6 Å². The van der Waals surface area contributed by atoms with Crippen molar-refractivity contribution in [2.24, 2.45) is 0 Å². The molecule has 0 fully saturated rings. The summed E-state index contributed by atoms with van der Waals surface area (Å²) in [7, 11) is 0. The lowest BCUT2D eigenvalue weighted by atomic mass is 10.2. The van der Waals surface area contributed by atoms with E-state index in [1.807, 2.05) is 31.2 Å². The fraction of sp³-hybridized carbons (Fsp3) is 0.188. The van der Waals surface area contributed by atoms with Crippen molar-refractivity contribution in [2.75, 3.05) is 17.2 Å². The molecule has 0 aromatic heterocycles. The van der Waals surface area contributed by atoms with E-state index in [-0.39, 0.29) is 18.3 Å². The molecule has 2 aromatic rings. The van der Waals surface area contributed by atoms with Crippen LogP contribution >= 0.6 is 0 Å². The first-order chi connectivity index (χ1) is 9.54. The highest BCUT2D eigenvalue weighted by Crippen LogP contribution is 2.13. The third-order valence-electron chi connectivity index (χ3n) is 2.93. The lowest BCUT2D eigenvalue weighted by Crippen LogP contribution is -2.21. The topological polar surface area (TPSA) is 41.1 Å². The standard InChI is InChI=1S/C16H17FN2O/c1-11-4-3-5-14(8-11)19-16(20)10-18-13-7-6-12(2)15(17)9-13/h3-9,18H,10H2,1-2H3,(H,19,20). The van der Waals surface area contributed by atoms with Crippen molar-refractivity contribution in [2.45, 2.75) is 13.8 Å². The third kappa shape index (κ3) is 3.82. The number of amides is 1. The highest BCUT2D eigenvalue weighted by atomic mass is 19.1. The maximum atomic E-state index is 13.4. The van der Waals surface area contributed by atoms with E-state index >= 15 is 0 Å². The molecule has 20 heavy (non-hydrogen) atoms. The van der Waals surface area contributed by atoms with E-state index in [4.69, 9.17) is 0 Å². The largest absolute Gasteiger partial charge is 0.376 e. The molecule has 0 atom stereocenters. The zero-order chi connectivity index (χ0) is 14.5. The molecule has 0 unspecified atom stereocenters. The van der Waals surface area contributed by atoms with E-state index in [1.165, 1.54) is 6.07 Å². The Morgan fingerprint density at radius 1 is 1.10 bits per heavy atom. The normalized spacial score (nSPS) is 10.2. The molecule has 0 saturated carbocycles. The number of halogens is 1. The lowest BCUT2D eigenvalue weighted by Gasteiger charge is -2.09. The lowest BCUT2D eigenvalue weighted by molar-refractivity contribution is -0.114. The van der Waals surface area contributed by atoms with Crippen LogP contribution in [-0.4, -0.2) is 12.5 Å². The number of hydrogen-bond donors (Lipinski definition) is 2. The Hall–Kier alpha value is -2.36. The van der Waals surface area contributed by atoms with Crippen LogP contribution in [0, 0.1) is 19.7 Å². The summed E-state index contributed by atoms with van der Waals surface area (Å²) in [5.74, 6) is -0.453. The highest BCUT2D eigenvalue weighted by molar-refractivity contribution is 5.93. The second kappa shape index (κ2) is 6.19. The van der Waals surface area contributed by atoms with Gasteiger partial charge in [0.05, 0.1) is 6.54 Å². The summed E-state index contributed by atoms with van der Waals surface area (Å²) in [6, 6.07) is 12.4. The van der Waals surface area contributed by atoms with Crippen molar-refractivity contribution in [3.8, 4) is 0 Å². The molecule has 1 amide bonds. The van der Waals surface area contributed by atoms with E-state index in [0.717, 1.165) is 11.3 Å². The van der Waals surface area contributed by atoms with Gasteiger partial charge in [0.25, 0.3) is 0 Å². The van der Waals surface area contributed by atoms with Crippen molar-refractivity contribution in [1.82, 2.24) is 0 Å². The summed E-state index contributed by atoms with van der Waals surface area (Å²) in [6.07, 6.45) is 0. The predicted molar refractivity (Wildman–Crippen MR) is 79.4 cm³/mol. The summed E-state index contributed by atoms with van der Waals surface area (Å²) in [5.41, 5.74) is 3.01. The third-order valence-corrected chi connectivity index (χ3v) is 2.93. The van der Waals surface area contributed by atoms with Gasteiger partial charge in [0, 0.05) is 11.4 Å². The van der Waals surface area contributed by atoms with Crippen LogP contribution in [0.5, 0.6) is 0 Å². The number of carbonyl (C=O) groups is 1. The Morgan fingerprint density at radius 2 is 1.90 bits per heavy atom. The van der Waals surface area contributed by atoms with E-state index in [1.54, 1.807) is 19.1 Å². The fourth-order valence-corrected chi connectivity index (χ4v) is 1.81. The van der Waals surface area contributed by atoms with Gasteiger partial charge in [-0.15, -0.1) is 0 Å². The van der Waals surface area contributed by atoms with E-state index in [0.29, 0.717) is 11.3 Å². The minimum atomic E-state index is -0.283. The first kappa shape index (κ1) is 14.1. The zero-order valence-electron chi connectivity index (χ0n) is 11.5. The van der Waals surface area contributed by atoms with Crippen LogP contribution in [0.25, 0.3) is 0 Å². The number of aryl methyl sites for hydroxylation is 2. The second-order valence-electron chi connectivity index (χ2n) is 4.74. The van der Waals surface area contributed by atoms with E-state index < -0.39 is 0 Å². The van der Waals surface area contributed by atoms with Gasteiger partial charge in [-0.2, -0.15) is 0 Å². The van der Waals surface area contributed by atoms with Crippen molar-refractivity contribution in [3.05, 3.63) is 59.4 Å². The minimum absolute atomic E-state index is 0.0937. The molecule has 104 valence electrons. The summed E-state index contributed by atoms with van der Waals surface area (Å²) >= 11 is 0. The van der Waals surface area contributed by atoms with Gasteiger partial charge in [0.15, 0.2) is 0 Å². The number of hydrogen-bond acceptors (Lipinski definition) is 2. The molecule has 0 heterocycles. The fourth-order valence-electron chi connectivity index (χ4n) is 1.81. The summed E-state index contributed by atoms with van der Waals surface area (Å²) < 4.78 is 13.4. The number of anilines is 2. The molecule has 0 radical (unpaired) electrons. The van der Waals surface area contributed by atoms with Gasteiger partial charge in [-0.25, -0.2) is 4.39 Å². The van der Waals surface area contributed by atoms with Crippen LogP contribution < -0.4 is 10.6 Å². The molecule has 2 N–H and O–H groups in total. The van der Waals surface area contributed by atoms with Crippen LogP contribution in [0.2, 0.25) is 0 Å². The second-order valence-corrected chi connectivity index (χ2v) is 4.74. The highest BCUT2D eigenvalue weighted by Gasteiger charge is 2.04. The van der Waals surface area contributed by atoms with E-state index in [9.17, 15) is 9.18 Å². The molecule has 0 aliphatic rings.